The Morgan fingerprint density at radius 2 is 1.33 bits per heavy atom. The van der Waals surface area contributed by atoms with Crippen LogP contribution in [0, 0.1) is 0 Å². The summed E-state index contributed by atoms with van der Waals surface area (Å²) in [4.78, 5) is 14.4. The molecule has 4 nitrogen and oxygen atoms in total. The maximum Gasteiger partial charge on any atom is 0.494 e. The van der Waals surface area contributed by atoms with E-state index in [-0.39, 0.29) is 11.2 Å². The summed E-state index contributed by atoms with van der Waals surface area (Å²) in [6, 6.07) is 22.0. The summed E-state index contributed by atoms with van der Waals surface area (Å²) in [5.41, 5.74) is 2.13. The van der Waals surface area contributed by atoms with E-state index in [1.807, 2.05) is 76.2 Å². The molecule has 1 aliphatic rings. The summed E-state index contributed by atoms with van der Waals surface area (Å²) in [5.74, 6) is -0.237. The van der Waals surface area contributed by atoms with Crippen molar-refractivity contribution in [1.82, 2.24) is 0 Å². The number of aliphatic hydroxyl groups excluding tert-OH is 1. The van der Waals surface area contributed by atoms with E-state index in [9.17, 15) is 9.90 Å². The second kappa shape index (κ2) is 11.0. The minimum Gasteiger partial charge on any atom is -0.399 e. The van der Waals surface area contributed by atoms with Gasteiger partial charge in [0.25, 0.3) is 0 Å². The molecule has 0 amide bonds. The average molecular weight is 610 g/mol. The number of carbonyl (C=O) groups excluding carboxylic acids is 1. The maximum atomic E-state index is 14.4. The molecule has 7 heteroatoms. The van der Waals surface area contributed by atoms with Gasteiger partial charge in [0.05, 0.1) is 17.3 Å². The van der Waals surface area contributed by atoms with E-state index < -0.39 is 24.4 Å². The van der Waals surface area contributed by atoms with Crippen molar-refractivity contribution in [2.45, 2.75) is 71.2 Å². The first kappa shape index (κ1) is 29.8. The van der Waals surface area contributed by atoms with Crippen LogP contribution in [0.1, 0.15) is 81.6 Å². The second-order valence-electron chi connectivity index (χ2n) is 12.0. The summed E-state index contributed by atoms with van der Waals surface area (Å²) in [7, 11) is -0.961. The Labute approximate surface area is 245 Å². The largest absolute Gasteiger partial charge is 0.494 e. The van der Waals surface area contributed by atoms with Crippen molar-refractivity contribution in [3.63, 3.8) is 0 Å². The Bertz CT molecular complexity index is 1360. The summed E-state index contributed by atoms with van der Waals surface area (Å²) < 4.78 is 13.8. The van der Waals surface area contributed by atoms with Gasteiger partial charge in [0, 0.05) is 26.1 Å². The molecule has 1 N–H and O–H groups in total. The standard InChI is InChI=1S/C32H35BBrClO4/c1-30(2,3)23-14-8-21(9-15-23)28(36)26(20-12-18-25(35)19-13-20)27(29(37)22-10-16-24(34)17-11-22)33-38-31(4,5)32(6,7)39-33/h8-19,29,37H,1-7H3/b27-26+. The summed E-state index contributed by atoms with van der Waals surface area (Å²) in [6.45, 7) is 14.2. The van der Waals surface area contributed by atoms with Crippen LogP contribution in [0.3, 0.4) is 0 Å². The highest BCUT2D eigenvalue weighted by Crippen LogP contribution is 2.44. The maximum absolute atomic E-state index is 14.4. The number of ketones is 1. The minimum absolute atomic E-state index is 0.0535. The molecule has 39 heavy (non-hydrogen) atoms. The van der Waals surface area contributed by atoms with Crippen LogP contribution in [0.5, 0.6) is 0 Å². The van der Waals surface area contributed by atoms with Crippen molar-refractivity contribution < 1.29 is 19.2 Å². The van der Waals surface area contributed by atoms with E-state index in [0.717, 1.165) is 10.0 Å². The van der Waals surface area contributed by atoms with Crippen molar-refractivity contribution in [1.29, 1.82) is 0 Å². The van der Waals surface area contributed by atoms with Crippen LogP contribution >= 0.6 is 27.5 Å². The summed E-state index contributed by atoms with van der Waals surface area (Å²) in [5, 5.41) is 12.4. The molecule has 3 aromatic carbocycles. The zero-order valence-electron chi connectivity index (χ0n) is 23.5. The lowest BCUT2D eigenvalue weighted by molar-refractivity contribution is 0.00578. The molecule has 1 unspecified atom stereocenters. The first-order valence-electron chi connectivity index (χ1n) is 13.1. The third-order valence-corrected chi connectivity index (χ3v) is 8.43. The lowest BCUT2D eigenvalue weighted by Gasteiger charge is -2.32. The van der Waals surface area contributed by atoms with Gasteiger partial charge in [-0.05, 0) is 74.1 Å². The molecule has 1 aliphatic heterocycles. The predicted molar refractivity (Wildman–Crippen MR) is 163 cm³/mol. The van der Waals surface area contributed by atoms with E-state index in [2.05, 4.69) is 36.7 Å². The zero-order valence-corrected chi connectivity index (χ0v) is 25.9. The molecule has 0 bridgehead atoms. The van der Waals surface area contributed by atoms with Gasteiger partial charge in [-0.25, -0.2) is 0 Å². The number of aliphatic hydroxyl groups is 1. The van der Waals surface area contributed by atoms with Gasteiger partial charge in [0.15, 0.2) is 5.78 Å². The van der Waals surface area contributed by atoms with Crippen LogP contribution in [0.15, 0.2) is 82.7 Å². The quantitative estimate of drug-likeness (QED) is 0.173. The molecule has 0 saturated carbocycles. The molecule has 204 valence electrons. The normalized spacial score (nSPS) is 18.1. The van der Waals surface area contributed by atoms with Crippen LogP contribution in [0.2, 0.25) is 5.02 Å². The van der Waals surface area contributed by atoms with Crippen molar-refractivity contribution in [3.8, 4) is 0 Å². The lowest BCUT2D eigenvalue weighted by atomic mass is 9.68. The zero-order chi connectivity index (χ0) is 28.8. The van der Waals surface area contributed by atoms with Gasteiger partial charge in [0.2, 0.25) is 0 Å². The molecule has 4 rings (SSSR count). The van der Waals surface area contributed by atoms with Gasteiger partial charge < -0.3 is 14.4 Å². The van der Waals surface area contributed by atoms with E-state index in [4.69, 9.17) is 20.9 Å². The van der Waals surface area contributed by atoms with E-state index in [1.54, 1.807) is 24.3 Å². The molecule has 1 atom stereocenters. The minimum atomic E-state index is -1.17. The van der Waals surface area contributed by atoms with E-state index in [1.165, 1.54) is 0 Å². The molecule has 1 heterocycles. The van der Waals surface area contributed by atoms with Gasteiger partial charge in [-0.1, -0.05) is 96.8 Å². The predicted octanol–water partition coefficient (Wildman–Crippen LogP) is 8.40. The number of Topliss-reactive ketones (excluding diaryl/α,β-unsaturated/α-hetero) is 1. The van der Waals surface area contributed by atoms with Gasteiger partial charge in [-0.15, -0.1) is 0 Å². The molecular formula is C32H35BBrClO4. The van der Waals surface area contributed by atoms with Gasteiger partial charge in [-0.3, -0.25) is 4.79 Å². The highest BCUT2D eigenvalue weighted by atomic mass is 79.9. The molecule has 0 aliphatic carbocycles. The second-order valence-corrected chi connectivity index (χ2v) is 13.4. The Balaban J connectivity index is 1.97. The van der Waals surface area contributed by atoms with Crippen LogP contribution in [-0.2, 0) is 14.7 Å². The third-order valence-electron chi connectivity index (χ3n) is 7.65. The smallest absolute Gasteiger partial charge is 0.399 e. The van der Waals surface area contributed by atoms with Crippen molar-refractivity contribution >= 4 is 46.0 Å². The van der Waals surface area contributed by atoms with Crippen LogP contribution in [0.4, 0.5) is 0 Å². The number of benzene rings is 3. The number of hydrogen-bond donors (Lipinski definition) is 1. The third kappa shape index (κ3) is 6.26. The monoisotopic (exact) mass is 608 g/mol. The van der Waals surface area contributed by atoms with Crippen molar-refractivity contribution in [2.75, 3.05) is 0 Å². The summed E-state index contributed by atoms with van der Waals surface area (Å²) in [6.07, 6.45) is -1.17. The highest BCUT2D eigenvalue weighted by molar-refractivity contribution is 9.10. The Morgan fingerprint density at radius 1 is 0.846 bits per heavy atom. The molecule has 0 aromatic heterocycles. The number of halogens is 2. The first-order valence-corrected chi connectivity index (χ1v) is 14.2. The fourth-order valence-corrected chi connectivity index (χ4v) is 4.88. The topological polar surface area (TPSA) is 55.8 Å². The molecular weight excluding hydrogens is 575 g/mol. The Kier molecular flexibility index (Phi) is 8.38. The summed E-state index contributed by atoms with van der Waals surface area (Å²) >= 11 is 9.69. The SMILES string of the molecule is CC(C)(C)c1ccc(C(=O)/C(=C(/B2OC(C)(C)C(C)(C)O2)C(O)c2ccc(Br)cc2)c2ccc(Cl)cc2)cc1. The van der Waals surface area contributed by atoms with Gasteiger partial charge in [-0.2, -0.15) is 0 Å². The highest BCUT2D eigenvalue weighted by Gasteiger charge is 2.54. The van der Waals surface area contributed by atoms with Gasteiger partial charge in [0.1, 0.15) is 0 Å². The number of allylic oxidation sites excluding steroid dienone is 1. The molecule has 1 fully saturated rings. The lowest BCUT2D eigenvalue weighted by Crippen LogP contribution is -2.41. The molecule has 3 aromatic rings. The number of rotatable bonds is 6. The molecule has 1 saturated heterocycles. The number of hydrogen-bond acceptors (Lipinski definition) is 4. The first-order chi connectivity index (χ1) is 18.1. The average Bonchev–Trinajstić information content (AvgIpc) is 3.08. The van der Waals surface area contributed by atoms with Crippen LogP contribution in [-0.4, -0.2) is 29.2 Å². The Hall–Kier alpha value is -2.22. The van der Waals surface area contributed by atoms with Crippen LogP contribution in [0.25, 0.3) is 5.57 Å². The van der Waals surface area contributed by atoms with E-state index in [0.29, 0.717) is 32.8 Å². The van der Waals surface area contributed by atoms with Crippen molar-refractivity contribution in [2.24, 2.45) is 0 Å². The van der Waals surface area contributed by atoms with Gasteiger partial charge >= 0.3 is 7.12 Å². The van der Waals surface area contributed by atoms with E-state index >= 15 is 0 Å². The van der Waals surface area contributed by atoms with Crippen molar-refractivity contribution in [3.05, 3.63) is 110 Å². The van der Waals surface area contributed by atoms with Crippen LogP contribution < -0.4 is 0 Å². The Morgan fingerprint density at radius 3 is 1.82 bits per heavy atom. The molecule has 0 spiro atoms. The fraction of sp³-hybridized carbons (Fsp3) is 0.344. The molecule has 0 radical (unpaired) electrons. The fourth-order valence-electron chi connectivity index (χ4n) is 4.49. The number of carbonyl (C=O) groups is 1.